The summed E-state index contributed by atoms with van der Waals surface area (Å²) in [6.45, 7) is 1.30. The van der Waals surface area contributed by atoms with Crippen LogP contribution in [0.3, 0.4) is 0 Å². The second-order valence-corrected chi connectivity index (χ2v) is 7.87. The Morgan fingerprint density at radius 2 is 1.67 bits per heavy atom. The van der Waals surface area contributed by atoms with Crippen molar-refractivity contribution in [3.63, 3.8) is 0 Å². The Hall–Kier alpha value is -4.17. The number of benzene rings is 3. The average Bonchev–Trinajstić information content (AvgIpc) is 2.83. The zero-order valence-electron chi connectivity index (χ0n) is 18.3. The summed E-state index contributed by atoms with van der Waals surface area (Å²) in [6.07, 6.45) is 3.26. The minimum Gasteiger partial charge on any atom is -0.424 e. The van der Waals surface area contributed by atoms with Crippen LogP contribution in [-0.4, -0.2) is 57.9 Å². The Morgan fingerprint density at radius 3 is 2.48 bits per heavy atom. The van der Waals surface area contributed by atoms with Crippen molar-refractivity contribution in [2.24, 2.45) is 0 Å². The molecule has 0 fully saturated rings. The molecule has 0 radical (unpaired) electrons. The SMILES string of the molecule is CN(C)CCNC(=O)c1cccc2nc3ccc4c(Oc5ncccn5)cccc4c3nc12. The number of carbonyl (C=O) groups is 1. The fraction of sp³-hybridized carbons (Fsp3) is 0.160. The summed E-state index contributed by atoms with van der Waals surface area (Å²) < 4.78 is 5.92. The molecule has 0 bridgehead atoms. The first-order valence-electron chi connectivity index (χ1n) is 10.6. The summed E-state index contributed by atoms with van der Waals surface area (Å²) in [5, 5.41) is 4.70. The van der Waals surface area contributed by atoms with E-state index < -0.39 is 0 Å². The van der Waals surface area contributed by atoms with E-state index in [1.165, 1.54) is 0 Å². The van der Waals surface area contributed by atoms with Gasteiger partial charge in [-0.25, -0.2) is 19.9 Å². The third-order valence-electron chi connectivity index (χ3n) is 5.28. The fourth-order valence-electron chi connectivity index (χ4n) is 3.69. The van der Waals surface area contributed by atoms with Crippen LogP contribution in [0.4, 0.5) is 0 Å². The van der Waals surface area contributed by atoms with E-state index in [4.69, 9.17) is 14.7 Å². The zero-order chi connectivity index (χ0) is 22.8. The van der Waals surface area contributed by atoms with Gasteiger partial charge < -0.3 is 15.0 Å². The molecule has 0 spiro atoms. The first-order chi connectivity index (χ1) is 16.1. The molecule has 3 aromatic carbocycles. The third kappa shape index (κ3) is 4.16. The molecular weight excluding hydrogens is 416 g/mol. The predicted octanol–water partition coefficient (Wildman–Crippen LogP) is 3.81. The van der Waals surface area contributed by atoms with E-state index in [1.807, 2.05) is 61.5 Å². The van der Waals surface area contributed by atoms with Gasteiger partial charge in [-0.3, -0.25) is 4.79 Å². The molecule has 8 nitrogen and oxygen atoms in total. The van der Waals surface area contributed by atoms with Crippen molar-refractivity contribution in [3.8, 4) is 11.8 Å². The number of aromatic nitrogens is 4. The lowest BCUT2D eigenvalue weighted by atomic mass is 10.1. The number of nitrogens with zero attached hydrogens (tertiary/aromatic N) is 5. The van der Waals surface area contributed by atoms with E-state index in [1.54, 1.807) is 24.5 Å². The van der Waals surface area contributed by atoms with Gasteiger partial charge in [0.15, 0.2) is 0 Å². The average molecular weight is 438 g/mol. The van der Waals surface area contributed by atoms with Crippen LogP contribution < -0.4 is 10.1 Å². The molecular formula is C25H22N6O2. The Balaban J connectivity index is 1.61. The second kappa shape index (κ2) is 8.76. The van der Waals surface area contributed by atoms with Crippen molar-refractivity contribution in [1.29, 1.82) is 0 Å². The highest BCUT2D eigenvalue weighted by Crippen LogP contribution is 2.33. The quantitative estimate of drug-likeness (QED) is 0.318. The van der Waals surface area contributed by atoms with Gasteiger partial charge in [-0.2, -0.15) is 0 Å². The number of nitrogens with one attached hydrogen (secondary N) is 1. The number of rotatable bonds is 6. The first kappa shape index (κ1) is 20.7. The summed E-state index contributed by atoms with van der Waals surface area (Å²) in [4.78, 5) is 32.8. The Morgan fingerprint density at radius 1 is 0.879 bits per heavy atom. The predicted molar refractivity (Wildman–Crippen MR) is 128 cm³/mol. The summed E-state index contributed by atoms with van der Waals surface area (Å²) >= 11 is 0. The van der Waals surface area contributed by atoms with E-state index in [2.05, 4.69) is 15.3 Å². The number of ether oxygens (including phenoxy) is 1. The topological polar surface area (TPSA) is 93.1 Å². The minimum absolute atomic E-state index is 0.165. The highest BCUT2D eigenvalue weighted by molar-refractivity contribution is 6.11. The maximum atomic E-state index is 12.9. The fourth-order valence-corrected chi connectivity index (χ4v) is 3.69. The molecule has 0 saturated carbocycles. The van der Waals surface area contributed by atoms with Crippen LogP contribution in [0, 0.1) is 0 Å². The van der Waals surface area contributed by atoms with Crippen molar-refractivity contribution in [1.82, 2.24) is 30.2 Å². The molecule has 2 heterocycles. The number of likely N-dealkylation sites (N-methyl/N-ethyl adjacent to an activating group) is 1. The van der Waals surface area contributed by atoms with Gasteiger partial charge in [0.2, 0.25) is 0 Å². The molecule has 5 aromatic rings. The van der Waals surface area contributed by atoms with E-state index in [9.17, 15) is 4.79 Å². The van der Waals surface area contributed by atoms with Gasteiger partial charge in [-0.1, -0.05) is 18.2 Å². The second-order valence-electron chi connectivity index (χ2n) is 7.87. The van der Waals surface area contributed by atoms with Gasteiger partial charge >= 0.3 is 6.01 Å². The summed E-state index contributed by atoms with van der Waals surface area (Å²) in [6, 6.07) is 17.1. The molecule has 1 amide bonds. The lowest BCUT2D eigenvalue weighted by Gasteiger charge is -2.12. The van der Waals surface area contributed by atoms with E-state index in [0.29, 0.717) is 34.4 Å². The van der Waals surface area contributed by atoms with Crippen molar-refractivity contribution in [2.45, 2.75) is 0 Å². The summed E-state index contributed by atoms with van der Waals surface area (Å²) in [5.41, 5.74) is 3.19. The Labute approximate surface area is 190 Å². The number of hydrogen-bond donors (Lipinski definition) is 1. The lowest BCUT2D eigenvalue weighted by molar-refractivity contribution is 0.0952. The van der Waals surface area contributed by atoms with Gasteiger partial charge in [0.25, 0.3) is 5.91 Å². The molecule has 33 heavy (non-hydrogen) atoms. The highest BCUT2D eigenvalue weighted by atomic mass is 16.5. The standard InChI is InChI=1S/C25H22N6O2/c1-31(2)15-14-26-24(32)18-7-3-8-19-23(18)30-22-17-6-4-9-21(16(17)10-11-20(22)29-19)33-25-27-12-5-13-28-25/h3-13H,14-15H2,1-2H3,(H,26,32). The molecule has 0 aliphatic carbocycles. The molecule has 0 atom stereocenters. The van der Waals surface area contributed by atoms with Gasteiger partial charge in [0.1, 0.15) is 11.3 Å². The molecule has 0 unspecified atom stereocenters. The number of para-hydroxylation sites is 1. The summed E-state index contributed by atoms with van der Waals surface area (Å²) in [7, 11) is 3.93. The molecule has 2 aromatic heterocycles. The number of amides is 1. The van der Waals surface area contributed by atoms with Gasteiger partial charge in [-0.15, -0.1) is 0 Å². The van der Waals surface area contributed by atoms with Gasteiger partial charge in [0.05, 0.1) is 22.1 Å². The molecule has 8 heteroatoms. The van der Waals surface area contributed by atoms with Crippen molar-refractivity contribution in [2.75, 3.05) is 27.2 Å². The summed E-state index contributed by atoms with van der Waals surface area (Å²) in [5.74, 6) is 0.457. The van der Waals surface area contributed by atoms with Gasteiger partial charge in [-0.05, 0) is 50.5 Å². The zero-order valence-corrected chi connectivity index (χ0v) is 18.3. The molecule has 0 saturated heterocycles. The molecule has 0 aliphatic heterocycles. The van der Waals surface area contributed by atoms with E-state index in [0.717, 1.165) is 22.8 Å². The van der Waals surface area contributed by atoms with E-state index >= 15 is 0 Å². The molecule has 5 rings (SSSR count). The van der Waals surface area contributed by atoms with Gasteiger partial charge in [0, 0.05) is 36.3 Å². The van der Waals surface area contributed by atoms with Crippen molar-refractivity contribution >= 4 is 38.7 Å². The van der Waals surface area contributed by atoms with Crippen LogP contribution in [-0.2, 0) is 0 Å². The van der Waals surface area contributed by atoms with E-state index in [-0.39, 0.29) is 11.9 Å². The number of carbonyl (C=O) groups excluding carboxylic acids is 1. The van der Waals surface area contributed by atoms with Crippen LogP contribution in [0.25, 0.3) is 32.8 Å². The number of hydrogen-bond acceptors (Lipinski definition) is 7. The van der Waals surface area contributed by atoms with Crippen LogP contribution in [0.5, 0.6) is 11.8 Å². The molecule has 0 aliphatic rings. The third-order valence-corrected chi connectivity index (χ3v) is 5.28. The molecule has 1 N–H and O–H groups in total. The lowest BCUT2D eigenvalue weighted by Crippen LogP contribution is -2.31. The van der Waals surface area contributed by atoms with Crippen molar-refractivity contribution < 1.29 is 9.53 Å². The Kier molecular flexibility index (Phi) is 5.50. The number of fused-ring (bicyclic) bond motifs is 4. The van der Waals surface area contributed by atoms with Crippen LogP contribution in [0.2, 0.25) is 0 Å². The smallest absolute Gasteiger partial charge is 0.321 e. The normalized spacial score (nSPS) is 11.4. The van der Waals surface area contributed by atoms with Crippen LogP contribution in [0.1, 0.15) is 10.4 Å². The monoisotopic (exact) mass is 438 g/mol. The van der Waals surface area contributed by atoms with Crippen LogP contribution >= 0.6 is 0 Å². The minimum atomic E-state index is -0.165. The maximum absolute atomic E-state index is 12.9. The maximum Gasteiger partial charge on any atom is 0.321 e. The van der Waals surface area contributed by atoms with Crippen molar-refractivity contribution in [3.05, 3.63) is 72.6 Å². The first-order valence-corrected chi connectivity index (χ1v) is 10.6. The Bertz CT molecular complexity index is 1470. The molecule has 164 valence electrons. The highest BCUT2D eigenvalue weighted by Gasteiger charge is 2.15. The largest absolute Gasteiger partial charge is 0.424 e. The van der Waals surface area contributed by atoms with Crippen LogP contribution in [0.15, 0.2) is 67.0 Å².